The van der Waals surface area contributed by atoms with Crippen LogP contribution in [0, 0.1) is 0 Å². The predicted molar refractivity (Wildman–Crippen MR) is 131 cm³/mol. The van der Waals surface area contributed by atoms with E-state index >= 15 is 0 Å². The maximum absolute atomic E-state index is 2.38. The fourth-order valence-electron chi connectivity index (χ4n) is 4.41. The molecule has 0 saturated heterocycles. The first-order valence-electron chi connectivity index (χ1n) is 12.5. The van der Waals surface area contributed by atoms with Gasteiger partial charge >= 0.3 is 0 Å². The highest BCUT2D eigenvalue weighted by Gasteiger charge is 2.10. The minimum absolute atomic E-state index is 1.24. The van der Waals surface area contributed by atoms with E-state index in [0.717, 1.165) is 0 Å². The first kappa shape index (κ1) is 23.7. The Balaban J connectivity index is 1.86. The van der Waals surface area contributed by atoms with E-state index in [0.29, 0.717) is 0 Å². The lowest BCUT2D eigenvalue weighted by Gasteiger charge is -2.16. The summed E-state index contributed by atoms with van der Waals surface area (Å²) in [5, 5.41) is 0. The molecule has 0 atom stereocenters. The monoisotopic (exact) mass is 392 g/mol. The normalized spacial score (nSPS) is 11.1. The topological polar surface area (TPSA) is 0 Å². The third-order valence-electron chi connectivity index (χ3n) is 6.19. The number of benzene rings is 2. The Morgan fingerprint density at radius 2 is 1.03 bits per heavy atom. The van der Waals surface area contributed by atoms with Gasteiger partial charge in [-0.1, -0.05) is 133 Å². The largest absolute Gasteiger partial charge is 0.0654 e. The lowest BCUT2D eigenvalue weighted by atomic mass is 9.89. The van der Waals surface area contributed by atoms with Gasteiger partial charge in [-0.2, -0.15) is 0 Å². The molecule has 0 N–H and O–H groups in total. The Labute approximate surface area is 181 Å². The second-order valence-corrected chi connectivity index (χ2v) is 8.70. The van der Waals surface area contributed by atoms with E-state index in [4.69, 9.17) is 0 Å². The highest BCUT2D eigenvalue weighted by atomic mass is 14.1. The molecule has 160 valence electrons. The summed E-state index contributed by atoms with van der Waals surface area (Å²) in [7, 11) is 0. The van der Waals surface area contributed by atoms with Crippen LogP contribution in [-0.2, 0) is 12.8 Å². The van der Waals surface area contributed by atoms with Gasteiger partial charge in [0.2, 0.25) is 0 Å². The molecule has 0 amide bonds. The van der Waals surface area contributed by atoms with Crippen molar-refractivity contribution in [1.29, 1.82) is 0 Å². The van der Waals surface area contributed by atoms with E-state index in [1.54, 1.807) is 11.1 Å². The second kappa shape index (κ2) is 15.3. The lowest BCUT2D eigenvalue weighted by molar-refractivity contribution is 0.556. The molecule has 0 aliphatic rings. The van der Waals surface area contributed by atoms with E-state index < -0.39 is 0 Å². The molecule has 0 heteroatoms. The van der Waals surface area contributed by atoms with Crippen molar-refractivity contribution in [1.82, 2.24) is 0 Å². The minimum atomic E-state index is 1.24. The highest BCUT2D eigenvalue weighted by molar-refractivity contribution is 5.68. The van der Waals surface area contributed by atoms with Crippen molar-refractivity contribution in [3.63, 3.8) is 0 Å². The molecule has 0 saturated carbocycles. The number of hydrogen-bond acceptors (Lipinski definition) is 0. The van der Waals surface area contributed by atoms with Gasteiger partial charge in [0.15, 0.2) is 0 Å². The molecular formula is C29H44. The highest BCUT2D eigenvalue weighted by Crippen LogP contribution is 2.29. The van der Waals surface area contributed by atoms with Crippen LogP contribution in [0.2, 0.25) is 0 Å². The Bertz CT molecular complexity index is 640. The minimum Gasteiger partial charge on any atom is -0.0654 e. The summed E-state index contributed by atoms with van der Waals surface area (Å²) in [6.45, 7) is 4.59. The number of unbranched alkanes of at least 4 members (excludes halogenated alkanes) is 11. The summed E-state index contributed by atoms with van der Waals surface area (Å²) in [5.74, 6) is 0. The van der Waals surface area contributed by atoms with E-state index in [9.17, 15) is 0 Å². The number of aryl methyl sites for hydroxylation is 1. The molecule has 0 nitrogen and oxygen atoms in total. The van der Waals surface area contributed by atoms with Crippen molar-refractivity contribution in [2.75, 3.05) is 0 Å². The van der Waals surface area contributed by atoms with Crippen LogP contribution in [0.3, 0.4) is 0 Å². The summed E-state index contributed by atoms with van der Waals surface area (Å²) < 4.78 is 0. The summed E-state index contributed by atoms with van der Waals surface area (Å²) in [6.07, 6.45) is 20.5. The number of rotatable bonds is 16. The molecule has 0 fully saturated rings. The van der Waals surface area contributed by atoms with Crippen molar-refractivity contribution < 1.29 is 0 Å². The molecule has 0 radical (unpaired) electrons. The van der Waals surface area contributed by atoms with E-state index in [1.165, 1.54) is 107 Å². The third-order valence-corrected chi connectivity index (χ3v) is 6.19. The summed E-state index contributed by atoms with van der Waals surface area (Å²) >= 11 is 0. The first-order valence-corrected chi connectivity index (χ1v) is 12.5. The van der Waals surface area contributed by atoms with E-state index in [1.807, 2.05) is 0 Å². The third kappa shape index (κ3) is 9.20. The fourth-order valence-corrected chi connectivity index (χ4v) is 4.41. The van der Waals surface area contributed by atoms with Gasteiger partial charge in [-0.15, -0.1) is 0 Å². The van der Waals surface area contributed by atoms with Crippen LogP contribution < -0.4 is 0 Å². The van der Waals surface area contributed by atoms with Gasteiger partial charge in [0.25, 0.3) is 0 Å². The SMILES string of the molecule is CCCCCCCCCCCCc1c(CCCCC)cccc1-c1ccccc1. The van der Waals surface area contributed by atoms with Crippen molar-refractivity contribution in [2.24, 2.45) is 0 Å². The predicted octanol–water partition coefficient (Wildman–Crippen LogP) is 9.55. The van der Waals surface area contributed by atoms with Crippen LogP contribution in [0.15, 0.2) is 48.5 Å². The molecule has 0 unspecified atom stereocenters. The molecule has 0 spiro atoms. The zero-order chi connectivity index (χ0) is 20.6. The Morgan fingerprint density at radius 1 is 0.483 bits per heavy atom. The van der Waals surface area contributed by atoms with Crippen LogP contribution in [-0.4, -0.2) is 0 Å². The summed E-state index contributed by atoms with van der Waals surface area (Å²) in [6, 6.07) is 18.0. The molecule has 0 aliphatic heterocycles. The van der Waals surface area contributed by atoms with Crippen LogP contribution in [0.4, 0.5) is 0 Å². The Morgan fingerprint density at radius 3 is 1.69 bits per heavy atom. The maximum Gasteiger partial charge on any atom is -0.0149 e. The molecule has 0 aromatic heterocycles. The van der Waals surface area contributed by atoms with Gasteiger partial charge in [0, 0.05) is 0 Å². The Kier molecular flexibility index (Phi) is 12.5. The maximum atomic E-state index is 2.38. The van der Waals surface area contributed by atoms with Crippen LogP contribution >= 0.6 is 0 Å². The van der Waals surface area contributed by atoms with Crippen LogP contribution in [0.25, 0.3) is 11.1 Å². The Hall–Kier alpha value is -1.56. The quantitative estimate of drug-likeness (QED) is 0.249. The average Bonchev–Trinajstić information content (AvgIpc) is 2.76. The van der Waals surface area contributed by atoms with Gasteiger partial charge in [-0.25, -0.2) is 0 Å². The van der Waals surface area contributed by atoms with Gasteiger partial charge < -0.3 is 0 Å². The van der Waals surface area contributed by atoms with Crippen LogP contribution in [0.1, 0.15) is 108 Å². The van der Waals surface area contributed by atoms with Gasteiger partial charge in [-0.05, 0) is 47.9 Å². The first-order chi connectivity index (χ1) is 14.4. The summed E-state index contributed by atoms with van der Waals surface area (Å²) in [5.41, 5.74) is 6.06. The van der Waals surface area contributed by atoms with Gasteiger partial charge in [0.05, 0.1) is 0 Å². The molecule has 2 aromatic carbocycles. The molecule has 29 heavy (non-hydrogen) atoms. The van der Waals surface area contributed by atoms with Crippen LogP contribution in [0.5, 0.6) is 0 Å². The smallest absolute Gasteiger partial charge is 0.0149 e. The molecule has 0 aliphatic carbocycles. The van der Waals surface area contributed by atoms with E-state index in [-0.39, 0.29) is 0 Å². The molecular weight excluding hydrogens is 348 g/mol. The fraction of sp³-hybridized carbons (Fsp3) is 0.586. The summed E-state index contributed by atoms with van der Waals surface area (Å²) in [4.78, 5) is 0. The van der Waals surface area contributed by atoms with E-state index in [2.05, 4.69) is 62.4 Å². The zero-order valence-corrected chi connectivity index (χ0v) is 19.2. The number of hydrogen-bond donors (Lipinski definition) is 0. The molecule has 0 bridgehead atoms. The zero-order valence-electron chi connectivity index (χ0n) is 19.2. The van der Waals surface area contributed by atoms with Gasteiger partial charge in [-0.3, -0.25) is 0 Å². The lowest BCUT2D eigenvalue weighted by Crippen LogP contribution is -1.99. The average molecular weight is 393 g/mol. The molecule has 0 heterocycles. The molecule has 2 aromatic rings. The van der Waals surface area contributed by atoms with Gasteiger partial charge in [0.1, 0.15) is 0 Å². The van der Waals surface area contributed by atoms with Crippen molar-refractivity contribution in [3.8, 4) is 11.1 Å². The van der Waals surface area contributed by atoms with Crippen molar-refractivity contribution in [2.45, 2.75) is 110 Å². The van der Waals surface area contributed by atoms with Crippen molar-refractivity contribution in [3.05, 3.63) is 59.7 Å². The van der Waals surface area contributed by atoms with Crippen molar-refractivity contribution >= 4 is 0 Å². The molecule has 2 rings (SSSR count). The standard InChI is InChI=1S/C29H44/c1-3-5-7-8-9-10-11-12-13-18-24-28-27(20-15-6-4-2)23-19-25-29(28)26-21-16-14-17-22-26/h14,16-17,19,21-23,25H,3-13,15,18,20,24H2,1-2H3. The second-order valence-electron chi connectivity index (χ2n) is 8.70.